The summed E-state index contributed by atoms with van der Waals surface area (Å²) >= 11 is 0. The average Bonchev–Trinajstić information content (AvgIpc) is 3.24. The molecule has 0 fully saturated rings. The molecule has 152 valence electrons. The fourth-order valence-corrected chi connectivity index (χ4v) is 2.49. The molecule has 0 spiro atoms. The molecule has 0 aliphatic heterocycles. The number of hydrogen-bond acceptors (Lipinski definition) is 7. The van der Waals surface area contributed by atoms with Crippen LogP contribution in [0.3, 0.4) is 0 Å². The van der Waals surface area contributed by atoms with Gasteiger partial charge in [0.05, 0.1) is 13.3 Å². The summed E-state index contributed by atoms with van der Waals surface area (Å²) in [5, 5.41) is 8.59. The van der Waals surface area contributed by atoms with Gasteiger partial charge in [0.2, 0.25) is 5.89 Å². The number of oxazole rings is 1. The van der Waals surface area contributed by atoms with Gasteiger partial charge in [-0.15, -0.1) is 0 Å². The lowest BCUT2D eigenvalue weighted by Crippen LogP contribution is -2.01. The topological polar surface area (TPSA) is 94.6 Å². The first kappa shape index (κ1) is 20.6. The van der Waals surface area contributed by atoms with Crippen LogP contribution in [-0.4, -0.2) is 24.7 Å². The number of methoxy groups -OCH3 is 1. The zero-order valence-electron chi connectivity index (χ0n) is 16.0. The van der Waals surface area contributed by atoms with Gasteiger partial charge in [0, 0.05) is 11.6 Å². The van der Waals surface area contributed by atoms with Crippen molar-refractivity contribution in [1.29, 1.82) is 5.26 Å². The summed E-state index contributed by atoms with van der Waals surface area (Å²) in [6, 6.07) is 12.7. The van der Waals surface area contributed by atoms with E-state index in [1.807, 2.05) is 6.07 Å². The molecule has 0 saturated heterocycles. The minimum atomic E-state index is -0.583. The number of aromatic nitrogens is 1. The Bertz CT molecular complexity index is 1080. The number of nitriles is 1. The van der Waals surface area contributed by atoms with Crippen molar-refractivity contribution in [2.24, 2.45) is 0 Å². The van der Waals surface area contributed by atoms with Crippen molar-refractivity contribution in [2.75, 3.05) is 13.7 Å². The summed E-state index contributed by atoms with van der Waals surface area (Å²) in [7, 11) is 1.48. The summed E-state index contributed by atoms with van der Waals surface area (Å²) < 4.78 is 34.1. The van der Waals surface area contributed by atoms with Gasteiger partial charge < -0.3 is 18.6 Å². The second-order valence-corrected chi connectivity index (χ2v) is 5.92. The van der Waals surface area contributed by atoms with Crippen molar-refractivity contribution in [2.45, 2.75) is 6.61 Å². The molecule has 30 heavy (non-hydrogen) atoms. The standard InChI is InChI=1S/C22H17FN2O5/c1-27-19-12-15(2-8-18(19)28-11-10-24)3-9-22(26)29-14-21-25-13-20(30-21)16-4-6-17(23)7-5-16/h2-9,12-13H,11,14H2,1H3/b9-3+. The molecule has 2 aromatic carbocycles. The van der Waals surface area contributed by atoms with Gasteiger partial charge in [-0.2, -0.15) is 5.26 Å². The third kappa shape index (κ3) is 5.45. The molecule has 0 N–H and O–H groups in total. The van der Waals surface area contributed by atoms with E-state index in [0.717, 1.165) is 0 Å². The molecule has 1 aromatic heterocycles. The Labute approximate surface area is 171 Å². The minimum Gasteiger partial charge on any atom is -0.493 e. The predicted molar refractivity (Wildman–Crippen MR) is 105 cm³/mol. The molecule has 8 heteroatoms. The van der Waals surface area contributed by atoms with Crippen molar-refractivity contribution in [3.8, 4) is 28.9 Å². The summed E-state index contributed by atoms with van der Waals surface area (Å²) in [6.45, 7) is -0.240. The Kier molecular flexibility index (Phi) is 6.79. The van der Waals surface area contributed by atoms with Crippen LogP contribution >= 0.6 is 0 Å². The lowest BCUT2D eigenvalue weighted by atomic mass is 10.2. The molecule has 0 bridgehead atoms. The summed E-state index contributed by atoms with van der Waals surface area (Å²) in [6.07, 6.45) is 4.29. The van der Waals surface area contributed by atoms with E-state index in [4.69, 9.17) is 23.9 Å². The van der Waals surface area contributed by atoms with Crippen LogP contribution in [0.1, 0.15) is 11.5 Å². The van der Waals surface area contributed by atoms with Crippen LogP contribution in [0.25, 0.3) is 17.4 Å². The third-order valence-electron chi connectivity index (χ3n) is 3.91. The van der Waals surface area contributed by atoms with Gasteiger partial charge in [-0.25, -0.2) is 14.2 Å². The highest BCUT2D eigenvalue weighted by atomic mass is 19.1. The van der Waals surface area contributed by atoms with Crippen molar-refractivity contribution in [1.82, 2.24) is 4.98 Å². The Hall–Kier alpha value is -4.12. The number of hydrogen-bond donors (Lipinski definition) is 0. The molecule has 0 atom stereocenters. The number of carbonyl (C=O) groups excluding carboxylic acids is 1. The number of benzene rings is 2. The van der Waals surface area contributed by atoms with E-state index in [9.17, 15) is 9.18 Å². The molecule has 1 heterocycles. The van der Waals surface area contributed by atoms with Gasteiger partial charge in [0.15, 0.2) is 30.5 Å². The normalized spacial score (nSPS) is 10.6. The van der Waals surface area contributed by atoms with Gasteiger partial charge in [-0.3, -0.25) is 0 Å². The van der Waals surface area contributed by atoms with Crippen LogP contribution in [-0.2, 0) is 16.1 Å². The maximum atomic E-state index is 13.0. The van der Waals surface area contributed by atoms with Crippen LogP contribution < -0.4 is 9.47 Å². The number of carbonyl (C=O) groups is 1. The van der Waals surface area contributed by atoms with E-state index in [1.54, 1.807) is 36.4 Å². The highest BCUT2D eigenvalue weighted by Gasteiger charge is 2.09. The summed E-state index contributed by atoms with van der Waals surface area (Å²) in [4.78, 5) is 16.0. The van der Waals surface area contributed by atoms with Crippen LogP contribution in [0, 0.1) is 17.1 Å². The number of esters is 1. The van der Waals surface area contributed by atoms with Gasteiger partial charge in [0.25, 0.3) is 0 Å². The fourth-order valence-electron chi connectivity index (χ4n) is 2.49. The SMILES string of the molecule is COc1cc(/C=C/C(=O)OCc2ncc(-c3ccc(F)cc3)o2)ccc1OCC#N. The minimum absolute atomic E-state index is 0.0957. The number of rotatable bonds is 8. The van der Waals surface area contributed by atoms with Gasteiger partial charge in [0.1, 0.15) is 11.9 Å². The molecule has 3 rings (SSSR count). The van der Waals surface area contributed by atoms with E-state index >= 15 is 0 Å². The predicted octanol–water partition coefficient (Wildman–Crippen LogP) is 4.15. The van der Waals surface area contributed by atoms with E-state index in [1.165, 1.54) is 31.5 Å². The molecule has 0 saturated carbocycles. The van der Waals surface area contributed by atoms with Crippen LogP contribution in [0.2, 0.25) is 0 Å². The monoisotopic (exact) mass is 408 g/mol. The smallest absolute Gasteiger partial charge is 0.331 e. The summed E-state index contributed by atoms with van der Waals surface area (Å²) in [5.74, 6) is 0.606. The molecule has 3 aromatic rings. The van der Waals surface area contributed by atoms with E-state index in [-0.39, 0.29) is 24.9 Å². The Morgan fingerprint density at radius 1 is 1.23 bits per heavy atom. The van der Waals surface area contributed by atoms with Crippen LogP contribution in [0.4, 0.5) is 4.39 Å². The number of halogens is 1. The average molecular weight is 408 g/mol. The lowest BCUT2D eigenvalue weighted by Gasteiger charge is -2.08. The Balaban J connectivity index is 1.56. The first-order valence-electron chi connectivity index (χ1n) is 8.82. The maximum absolute atomic E-state index is 13.0. The lowest BCUT2D eigenvalue weighted by molar-refractivity contribution is -0.139. The zero-order valence-corrected chi connectivity index (χ0v) is 16.0. The second-order valence-electron chi connectivity index (χ2n) is 5.92. The Morgan fingerprint density at radius 3 is 2.77 bits per heavy atom. The van der Waals surface area contributed by atoms with E-state index < -0.39 is 5.97 Å². The molecule has 7 nitrogen and oxygen atoms in total. The first-order valence-corrected chi connectivity index (χ1v) is 8.82. The van der Waals surface area contributed by atoms with Gasteiger partial charge >= 0.3 is 5.97 Å². The fraction of sp³-hybridized carbons (Fsp3) is 0.136. The Morgan fingerprint density at radius 2 is 2.03 bits per heavy atom. The van der Waals surface area contributed by atoms with Crippen molar-refractivity contribution < 1.29 is 27.8 Å². The van der Waals surface area contributed by atoms with E-state index in [2.05, 4.69) is 4.98 Å². The van der Waals surface area contributed by atoms with Crippen molar-refractivity contribution in [3.05, 3.63) is 72.0 Å². The molecule has 0 amide bonds. The largest absolute Gasteiger partial charge is 0.493 e. The van der Waals surface area contributed by atoms with Crippen molar-refractivity contribution in [3.63, 3.8) is 0 Å². The number of nitrogens with zero attached hydrogens (tertiary/aromatic N) is 2. The molecule has 0 aliphatic rings. The third-order valence-corrected chi connectivity index (χ3v) is 3.91. The number of ether oxygens (including phenoxy) is 3. The maximum Gasteiger partial charge on any atom is 0.331 e. The summed E-state index contributed by atoms with van der Waals surface area (Å²) in [5.41, 5.74) is 1.35. The second kappa shape index (κ2) is 9.89. The molecule has 0 aliphatic carbocycles. The highest BCUT2D eigenvalue weighted by molar-refractivity contribution is 5.87. The molecular formula is C22H17FN2O5. The quantitative estimate of drug-likeness (QED) is 0.408. The molecule has 0 unspecified atom stereocenters. The van der Waals surface area contributed by atoms with Crippen LogP contribution in [0.5, 0.6) is 11.5 Å². The van der Waals surface area contributed by atoms with E-state index in [0.29, 0.717) is 28.4 Å². The molecule has 0 radical (unpaired) electrons. The zero-order chi connectivity index (χ0) is 21.3. The molecular weight excluding hydrogens is 391 g/mol. The van der Waals surface area contributed by atoms with Gasteiger partial charge in [-0.05, 0) is 48.0 Å². The van der Waals surface area contributed by atoms with Crippen molar-refractivity contribution >= 4 is 12.0 Å². The highest BCUT2D eigenvalue weighted by Crippen LogP contribution is 2.28. The van der Waals surface area contributed by atoms with Gasteiger partial charge in [-0.1, -0.05) is 6.07 Å². The van der Waals surface area contributed by atoms with Crippen LogP contribution in [0.15, 0.2) is 59.2 Å². The first-order chi connectivity index (χ1) is 14.6.